The van der Waals surface area contributed by atoms with Crippen LogP contribution in [0.3, 0.4) is 0 Å². The van der Waals surface area contributed by atoms with Crippen LogP contribution in [0.1, 0.15) is 50.2 Å². The van der Waals surface area contributed by atoms with E-state index >= 15 is 0 Å². The van der Waals surface area contributed by atoms with Gasteiger partial charge < -0.3 is 18.9 Å². The molecule has 2 aliphatic rings. The molecule has 0 saturated carbocycles. The second-order valence-corrected chi connectivity index (χ2v) is 8.14. The summed E-state index contributed by atoms with van der Waals surface area (Å²) in [5.74, 6) is -2.48. The van der Waals surface area contributed by atoms with Crippen LogP contribution in [0.15, 0.2) is 18.2 Å². The Bertz CT molecular complexity index is 748. The molecule has 7 heteroatoms. The molecule has 0 amide bonds. The summed E-state index contributed by atoms with van der Waals surface area (Å²) < 4.78 is 22.9. The van der Waals surface area contributed by atoms with Gasteiger partial charge in [0.2, 0.25) is 0 Å². The number of carbonyl (C=O) groups is 2. The van der Waals surface area contributed by atoms with Crippen LogP contribution in [0.5, 0.6) is 5.75 Å². The van der Waals surface area contributed by atoms with Crippen molar-refractivity contribution in [1.29, 1.82) is 0 Å². The van der Waals surface area contributed by atoms with Crippen molar-refractivity contribution in [2.24, 2.45) is 5.92 Å². The SMILES string of the molecule is CCCCCN1CCC(CCOc2cccc(C)c2C)C(OC)C12OC(=O)C(=O)O2. The maximum Gasteiger partial charge on any atom is 0.422 e. The molecule has 2 aliphatic heterocycles. The van der Waals surface area contributed by atoms with E-state index < -0.39 is 24.0 Å². The third-order valence-corrected chi connectivity index (χ3v) is 6.23. The third kappa shape index (κ3) is 4.47. The average Bonchev–Trinajstić information content (AvgIpc) is 3.01. The molecular formula is C23H33NO6. The molecule has 1 aromatic rings. The predicted molar refractivity (Wildman–Crippen MR) is 111 cm³/mol. The highest BCUT2D eigenvalue weighted by Gasteiger charge is 2.62. The van der Waals surface area contributed by atoms with E-state index in [1.54, 1.807) is 7.11 Å². The van der Waals surface area contributed by atoms with Crippen molar-refractivity contribution in [2.75, 3.05) is 26.8 Å². The Hall–Kier alpha value is -2.12. The van der Waals surface area contributed by atoms with Crippen molar-refractivity contribution in [1.82, 2.24) is 4.90 Å². The van der Waals surface area contributed by atoms with Gasteiger partial charge in [0.25, 0.3) is 0 Å². The Balaban J connectivity index is 1.71. The van der Waals surface area contributed by atoms with Crippen molar-refractivity contribution in [2.45, 2.75) is 64.9 Å². The van der Waals surface area contributed by atoms with E-state index in [9.17, 15) is 9.59 Å². The van der Waals surface area contributed by atoms with Crippen LogP contribution < -0.4 is 4.74 Å². The molecule has 2 heterocycles. The van der Waals surface area contributed by atoms with Gasteiger partial charge in [-0.2, -0.15) is 0 Å². The van der Waals surface area contributed by atoms with E-state index in [2.05, 4.69) is 19.9 Å². The highest BCUT2D eigenvalue weighted by molar-refractivity contribution is 6.31. The zero-order valence-electron chi connectivity index (χ0n) is 18.4. The number of methoxy groups -OCH3 is 1. The van der Waals surface area contributed by atoms with Gasteiger partial charge in [-0.25, -0.2) is 14.5 Å². The van der Waals surface area contributed by atoms with Gasteiger partial charge in [-0.3, -0.25) is 0 Å². The van der Waals surface area contributed by atoms with Crippen LogP contribution in [0.2, 0.25) is 0 Å². The molecule has 7 nitrogen and oxygen atoms in total. The summed E-state index contributed by atoms with van der Waals surface area (Å²) in [6.07, 6.45) is 4.05. The van der Waals surface area contributed by atoms with Gasteiger partial charge in [0.05, 0.1) is 6.61 Å². The largest absolute Gasteiger partial charge is 0.493 e. The standard InChI is InChI=1S/C23H33NO6/c1-5-6-7-13-24-14-11-18(12-15-28-19-10-8-9-16(2)17(19)3)20(27-4)23(24)29-21(25)22(26)30-23/h8-10,18,20H,5-7,11-15H2,1-4H3. The molecule has 0 bridgehead atoms. The normalized spacial score (nSPS) is 23.5. The van der Waals surface area contributed by atoms with E-state index in [-0.39, 0.29) is 5.92 Å². The van der Waals surface area contributed by atoms with Gasteiger partial charge in [0.1, 0.15) is 5.75 Å². The lowest BCUT2D eigenvalue weighted by atomic mass is 9.87. The molecule has 2 unspecified atom stereocenters. The van der Waals surface area contributed by atoms with E-state index in [4.69, 9.17) is 18.9 Å². The Morgan fingerprint density at radius 3 is 2.57 bits per heavy atom. The zero-order chi connectivity index (χ0) is 21.7. The zero-order valence-corrected chi connectivity index (χ0v) is 18.4. The van der Waals surface area contributed by atoms with Gasteiger partial charge in [-0.05, 0) is 56.2 Å². The van der Waals surface area contributed by atoms with Crippen LogP contribution in [-0.2, 0) is 23.8 Å². The highest BCUT2D eigenvalue weighted by atomic mass is 16.8. The Kier molecular flexibility index (Phi) is 7.36. The maximum absolute atomic E-state index is 12.0. The minimum Gasteiger partial charge on any atom is -0.493 e. The maximum atomic E-state index is 12.0. The minimum absolute atomic E-state index is 0.0289. The number of hydrogen-bond acceptors (Lipinski definition) is 7. The molecule has 0 radical (unpaired) electrons. The van der Waals surface area contributed by atoms with Gasteiger partial charge in [0, 0.05) is 20.2 Å². The first-order chi connectivity index (χ1) is 14.4. The van der Waals surface area contributed by atoms with Crippen LogP contribution in [0, 0.1) is 19.8 Å². The second-order valence-electron chi connectivity index (χ2n) is 8.14. The van der Waals surface area contributed by atoms with Gasteiger partial charge in [0.15, 0.2) is 6.10 Å². The number of esters is 2. The van der Waals surface area contributed by atoms with E-state index in [1.807, 2.05) is 24.0 Å². The fraction of sp³-hybridized carbons (Fsp3) is 0.652. The van der Waals surface area contributed by atoms with Crippen molar-refractivity contribution in [3.05, 3.63) is 29.3 Å². The van der Waals surface area contributed by atoms with Gasteiger partial charge in [-0.1, -0.05) is 31.9 Å². The van der Waals surface area contributed by atoms with Gasteiger partial charge in [-0.15, -0.1) is 0 Å². The Morgan fingerprint density at radius 1 is 1.17 bits per heavy atom. The minimum atomic E-state index is -1.47. The lowest BCUT2D eigenvalue weighted by Gasteiger charge is -2.48. The van der Waals surface area contributed by atoms with Crippen molar-refractivity contribution >= 4 is 11.9 Å². The van der Waals surface area contributed by atoms with E-state index in [0.717, 1.165) is 37.0 Å². The number of carbonyl (C=O) groups excluding carboxylic acids is 2. The fourth-order valence-electron chi connectivity index (χ4n) is 4.38. The molecule has 1 spiro atoms. The Morgan fingerprint density at radius 2 is 1.90 bits per heavy atom. The summed E-state index contributed by atoms with van der Waals surface area (Å²) in [6.45, 7) is 8.08. The van der Waals surface area contributed by atoms with Crippen molar-refractivity contribution < 1.29 is 28.5 Å². The molecule has 0 aromatic heterocycles. The second kappa shape index (κ2) is 9.79. The lowest BCUT2D eigenvalue weighted by Crippen LogP contribution is -2.65. The quantitative estimate of drug-likeness (QED) is 0.345. The number of likely N-dealkylation sites (tertiary alicyclic amines) is 1. The number of piperidine rings is 1. The van der Waals surface area contributed by atoms with Gasteiger partial charge >= 0.3 is 17.8 Å². The number of hydrogen-bond donors (Lipinski definition) is 0. The van der Waals surface area contributed by atoms with Crippen LogP contribution >= 0.6 is 0 Å². The number of aryl methyl sites for hydroxylation is 1. The Labute approximate surface area is 178 Å². The summed E-state index contributed by atoms with van der Waals surface area (Å²) in [7, 11) is 1.57. The molecule has 2 atom stereocenters. The molecule has 3 rings (SSSR count). The third-order valence-electron chi connectivity index (χ3n) is 6.23. The first kappa shape index (κ1) is 22.6. The smallest absolute Gasteiger partial charge is 0.422 e. The molecule has 30 heavy (non-hydrogen) atoms. The summed E-state index contributed by atoms with van der Waals surface area (Å²) >= 11 is 0. The number of unbranched alkanes of at least 4 members (excludes halogenated alkanes) is 2. The number of ether oxygens (including phenoxy) is 4. The van der Waals surface area contributed by atoms with E-state index in [1.165, 1.54) is 5.56 Å². The molecule has 2 saturated heterocycles. The van der Waals surface area contributed by atoms with Crippen LogP contribution in [-0.4, -0.2) is 55.7 Å². The summed E-state index contributed by atoms with van der Waals surface area (Å²) in [6, 6.07) is 6.01. The number of rotatable bonds is 9. The molecule has 0 aliphatic carbocycles. The monoisotopic (exact) mass is 419 g/mol. The fourth-order valence-corrected chi connectivity index (χ4v) is 4.38. The van der Waals surface area contributed by atoms with Crippen LogP contribution in [0.4, 0.5) is 0 Å². The molecule has 0 N–H and O–H groups in total. The first-order valence-electron chi connectivity index (χ1n) is 10.9. The van der Waals surface area contributed by atoms with Crippen LogP contribution in [0.25, 0.3) is 0 Å². The van der Waals surface area contributed by atoms with Crippen molar-refractivity contribution in [3.63, 3.8) is 0 Å². The summed E-state index contributed by atoms with van der Waals surface area (Å²) in [5, 5.41) is 0. The molecule has 166 valence electrons. The molecule has 2 fully saturated rings. The summed E-state index contributed by atoms with van der Waals surface area (Å²) in [5.41, 5.74) is 2.31. The number of nitrogens with zero attached hydrogens (tertiary/aromatic N) is 1. The summed E-state index contributed by atoms with van der Waals surface area (Å²) in [4.78, 5) is 25.9. The number of benzene rings is 1. The topological polar surface area (TPSA) is 74.3 Å². The molecule has 1 aromatic carbocycles. The average molecular weight is 420 g/mol. The molecular weight excluding hydrogens is 386 g/mol. The highest BCUT2D eigenvalue weighted by Crippen LogP contribution is 2.41. The van der Waals surface area contributed by atoms with E-state index in [0.29, 0.717) is 26.1 Å². The van der Waals surface area contributed by atoms with Crippen molar-refractivity contribution in [3.8, 4) is 5.75 Å². The predicted octanol–water partition coefficient (Wildman–Crippen LogP) is 3.35. The lowest BCUT2D eigenvalue weighted by molar-refractivity contribution is -0.322. The first-order valence-corrected chi connectivity index (χ1v) is 10.9.